The molecule has 1 aromatic heterocycles. The number of carbonyl (C=O) groups is 1. The van der Waals surface area contributed by atoms with E-state index in [1.165, 1.54) is 43.3 Å². The van der Waals surface area contributed by atoms with Gasteiger partial charge in [0.25, 0.3) is 15.9 Å². The van der Waals surface area contributed by atoms with Crippen molar-refractivity contribution in [3.05, 3.63) is 53.5 Å². The lowest BCUT2D eigenvalue weighted by atomic mass is 10.2. The van der Waals surface area contributed by atoms with Gasteiger partial charge in [-0.2, -0.15) is 0 Å². The van der Waals surface area contributed by atoms with E-state index in [0.29, 0.717) is 5.56 Å². The topological polar surface area (TPSA) is 79.6 Å². The van der Waals surface area contributed by atoms with E-state index >= 15 is 0 Å². The smallest absolute Gasteiger partial charge is 0.289 e. The summed E-state index contributed by atoms with van der Waals surface area (Å²) in [6.45, 7) is 0.172. The maximum absolute atomic E-state index is 13.1. The molecule has 1 N–H and O–H groups in total. The Labute approximate surface area is 127 Å². The van der Waals surface area contributed by atoms with E-state index < -0.39 is 21.7 Å². The van der Waals surface area contributed by atoms with Gasteiger partial charge >= 0.3 is 0 Å². The number of nitrogens with one attached hydrogen (secondary N) is 1. The predicted molar refractivity (Wildman–Crippen MR) is 77.2 cm³/mol. The number of hydrogen-bond acceptors (Lipinski definition) is 4. The van der Waals surface area contributed by atoms with Gasteiger partial charge in [0.1, 0.15) is 5.82 Å². The monoisotopic (exact) mass is 326 g/mol. The molecule has 0 spiro atoms. The Kier molecular flexibility index (Phi) is 4.62. The molecule has 1 aromatic carbocycles. The highest BCUT2D eigenvalue weighted by atomic mass is 32.2. The second-order valence-electron chi connectivity index (χ2n) is 4.62. The van der Waals surface area contributed by atoms with Crippen LogP contribution in [0, 0.1) is 5.82 Å². The van der Waals surface area contributed by atoms with Gasteiger partial charge in [0.15, 0.2) is 5.76 Å². The fourth-order valence-corrected chi connectivity index (χ4v) is 2.50. The first-order valence-electron chi connectivity index (χ1n) is 6.37. The molecule has 2 aromatic rings. The molecular formula is C14H15FN2O4S. The van der Waals surface area contributed by atoms with Crippen molar-refractivity contribution in [3.63, 3.8) is 0 Å². The second kappa shape index (κ2) is 6.29. The SMILES string of the molecule is CNS(=O)(=O)c1ccc(C(=O)N(C)Cc2cccc(F)c2)o1. The normalized spacial score (nSPS) is 11.4. The summed E-state index contributed by atoms with van der Waals surface area (Å²) >= 11 is 0. The third kappa shape index (κ3) is 3.52. The van der Waals surface area contributed by atoms with Gasteiger partial charge < -0.3 is 9.32 Å². The fraction of sp³-hybridized carbons (Fsp3) is 0.214. The van der Waals surface area contributed by atoms with E-state index in [1.807, 2.05) is 0 Å². The van der Waals surface area contributed by atoms with Crippen molar-refractivity contribution in [2.24, 2.45) is 0 Å². The molecule has 8 heteroatoms. The van der Waals surface area contributed by atoms with Crippen molar-refractivity contribution in [1.29, 1.82) is 0 Å². The zero-order valence-corrected chi connectivity index (χ0v) is 12.9. The molecule has 0 bridgehead atoms. The first kappa shape index (κ1) is 16.2. The van der Waals surface area contributed by atoms with Gasteiger partial charge in [0.05, 0.1) is 0 Å². The van der Waals surface area contributed by atoms with Gasteiger partial charge in [0, 0.05) is 13.6 Å². The number of carbonyl (C=O) groups excluding carboxylic acids is 1. The molecule has 0 saturated carbocycles. The van der Waals surface area contributed by atoms with Crippen molar-refractivity contribution in [3.8, 4) is 0 Å². The van der Waals surface area contributed by atoms with E-state index in [1.54, 1.807) is 12.1 Å². The van der Waals surface area contributed by atoms with Crippen LogP contribution in [0.1, 0.15) is 16.1 Å². The standard InChI is InChI=1S/C14H15FN2O4S/c1-16-22(19,20)13-7-6-12(21-13)14(18)17(2)9-10-4-3-5-11(15)8-10/h3-8,16H,9H2,1-2H3. The van der Waals surface area contributed by atoms with E-state index in [0.717, 1.165) is 0 Å². The Bertz CT molecular complexity index is 786. The largest absolute Gasteiger partial charge is 0.438 e. The average Bonchev–Trinajstić information content (AvgIpc) is 2.97. The molecule has 0 atom stereocenters. The Morgan fingerprint density at radius 2 is 2.05 bits per heavy atom. The summed E-state index contributed by atoms with van der Waals surface area (Å²) in [6.07, 6.45) is 0. The molecule has 0 fully saturated rings. The number of sulfonamides is 1. The summed E-state index contributed by atoms with van der Waals surface area (Å²) < 4.78 is 43.4. The number of rotatable bonds is 5. The minimum Gasteiger partial charge on any atom is -0.438 e. The highest BCUT2D eigenvalue weighted by Gasteiger charge is 2.21. The summed E-state index contributed by atoms with van der Waals surface area (Å²) in [4.78, 5) is 13.5. The molecule has 1 heterocycles. The summed E-state index contributed by atoms with van der Waals surface area (Å²) in [6, 6.07) is 8.36. The average molecular weight is 326 g/mol. The van der Waals surface area contributed by atoms with Gasteiger partial charge in [-0.25, -0.2) is 17.5 Å². The molecule has 0 aliphatic carbocycles. The number of halogens is 1. The maximum Gasteiger partial charge on any atom is 0.289 e. The molecule has 2 rings (SSSR count). The number of hydrogen-bond donors (Lipinski definition) is 1. The van der Waals surface area contributed by atoms with Crippen molar-refractivity contribution in [1.82, 2.24) is 9.62 Å². The predicted octanol–water partition coefficient (Wildman–Crippen LogP) is 1.60. The van der Waals surface area contributed by atoms with Crippen LogP contribution in [0.3, 0.4) is 0 Å². The van der Waals surface area contributed by atoms with Gasteiger partial charge in [-0.05, 0) is 36.9 Å². The maximum atomic E-state index is 13.1. The van der Waals surface area contributed by atoms with Crippen LogP contribution in [-0.2, 0) is 16.6 Å². The van der Waals surface area contributed by atoms with Crippen LogP contribution in [0.15, 0.2) is 45.9 Å². The van der Waals surface area contributed by atoms with Gasteiger partial charge in [-0.3, -0.25) is 4.79 Å². The van der Waals surface area contributed by atoms with Crippen LogP contribution in [0.25, 0.3) is 0 Å². The molecule has 6 nitrogen and oxygen atoms in total. The van der Waals surface area contributed by atoms with Crippen molar-refractivity contribution < 1.29 is 22.0 Å². The molecule has 0 aliphatic heterocycles. The molecule has 1 amide bonds. The van der Waals surface area contributed by atoms with E-state index in [4.69, 9.17) is 4.42 Å². The number of benzene rings is 1. The lowest BCUT2D eigenvalue weighted by Crippen LogP contribution is -2.26. The van der Waals surface area contributed by atoms with Crippen LogP contribution in [0.4, 0.5) is 4.39 Å². The highest BCUT2D eigenvalue weighted by Crippen LogP contribution is 2.16. The molecule has 22 heavy (non-hydrogen) atoms. The number of furan rings is 1. The van der Waals surface area contributed by atoms with Crippen molar-refractivity contribution >= 4 is 15.9 Å². The molecule has 0 radical (unpaired) electrons. The Balaban J connectivity index is 2.14. The van der Waals surface area contributed by atoms with Gasteiger partial charge in [-0.15, -0.1) is 0 Å². The molecular weight excluding hydrogens is 311 g/mol. The summed E-state index contributed by atoms with van der Waals surface area (Å²) in [5.74, 6) is -0.992. The minimum atomic E-state index is -3.74. The van der Waals surface area contributed by atoms with Crippen molar-refractivity contribution in [2.45, 2.75) is 11.6 Å². The van der Waals surface area contributed by atoms with Crippen LogP contribution in [0.2, 0.25) is 0 Å². The van der Waals surface area contributed by atoms with Gasteiger partial charge in [0.2, 0.25) is 5.09 Å². The summed E-state index contributed by atoms with van der Waals surface area (Å²) in [5, 5.41) is -0.336. The second-order valence-corrected chi connectivity index (χ2v) is 6.43. The molecule has 0 aliphatic rings. The Morgan fingerprint density at radius 3 is 2.68 bits per heavy atom. The third-order valence-corrected chi connectivity index (χ3v) is 4.27. The van der Waals surface area contributed by atoms with Crippen LogP contribution >= 0.6 is 0 Å². The quantitative estimate of drug-likeness (QED) is 0.905. The zero-order chi connectivity index (χ0) is 16.3. The first-order valence-corrected chi connectivity index (χ1v) is 7.85. The lowest BCUT2D eigenvalue weighted by molar-refractivity contribution is 0.0747. The van der Waals surface area contributed by atoms with E-state index in [2.05, 4.69) is 4.72 Å². The number of nitrogens with zero attached hydrogens (tertiary/aromatic N) is 1. The summed E-state index contributed by atoms with van der Waals surface area (Å²) in [7, 11) is -0.977. The van der Waals surface area contributed by atoms with Crippen molar-refractivity contribution in [2.75, 3.05) is 14.1 Å². The Hall–Kier alpha value is -2.19. The van der Waals surface area contributed by atoms with Crippen LogP contribution < -0.4 is 4.72 Å². The van der Waals surface area contributed by atoms with Crippen LogP contribution in [-0.4, -0.2) is 33.3 Å². The first-order chi connectivity index (χ1) is 10.3. The molecule has 118 valence electrons. The Morgan fingerprint density at radius 1 is 1.32 bits per heavy atom. The minimum absolute atomic E-state index is 0.104. The number of amides is 1. The van der Waals surface area contributed by atoms with E-state index in [-0.39, 0.29) is 17.4 Å². The highest BCUT2D eigenvalue weighted by molar-refractivity contribution is 7.89. The zero-order valence-electron chi connectivity index (χ0n) is 12.0. The molecule has 0 saturated heterocycles. The fourth-order valence-electron chi connectivity index (χ4n) is 1.85. The van der Waals surface area contributed by atoms with Crippen LogP contribution in [0.5, 0.6) is 0 Å². The summed E-state index contributed by atoms with van der Waals surface area (Å²) in [5.41, 5.74) is 0.616. The third-order valence-electron chi connectivity index (χ3n) is 2.98. The van der Waals surface area contributed by atoms with Gasteiger partial charge in [-0.1, -0.05) is 12.1 Å². The van der Waals surface area contributed by atoms with E-state index in [9.17, 15) is 17.6 Å². The lowest BCUT2D eigenvalue weighted by Gasteiger charge is -2.15. The molecule has 0 unspecified atom stereocenters.